The quantitative estimate of drug-likeness (QED) is 0.512. The number of benzene rings is 2. The standard InChI is InChI=1S/C25H26N8O/c1-18-22-15-30(25(34)28-19-7-3-2-4-8-19)13-14-31(22)17-33(18)24-26-12-11-23(29-24)32-16-27-20-9-5-6-10-21(20)32/h2-12,16,18,22H,13-15,17H2,1H3,(H,28,34). The highest BCUT2D eigenvalue weighted by atomic mass is 16.2. The van der Waals surface area contributed by atoms with Gasteiger partial charge < -0.3 is 15.1 Å². The van der Waals surface area contributed by atoms with Crippen molar-refractivity contribution in [2.45, 2.75) is 19.0 Å². The Bertz CT molecular complexity index is 1320. The fraction of sp³-hybridized carbons (Fsp3) is 0.280. The number of hydrogen-bond acceptors (Lipinski definition) is 6. The predicted molar refractivity (Wildman–Crippen MR) is 131 cm³/mol. The van der Waals surface area contributed by atoms with Gasteiger partial charge in [-0.15, -0.1) is 0 Å². The van der Waals surface area contributed by atoms with Gasteiger partial charge in [-0.2, -0.15) is 4.98 Å². The number of carbonyl (C=O) groups is 1. The summed E-state index contributed by atoms with van der Waals surface area (Å²) in [6.07, 6.45) is 3.60. The Morgan fingerprint density at radius 3 is 2.71 bits per heavy atom. The molecule has 0 radical (unpaired) electrons. The first-order valence-corrected chi connectivity index (χ1v) is 11.5. The molecule has 0 spiro atoms. The van der Waals surface area contributed by atoms with E-state index in [0.717, 1.165) is 35.8 Å². The highest BCUT2D eigenvalue weighted by Crippen LogP contribution is 2.28. The number of nitrogens with one attached hydrogen (secondary N) is 1. The number of urea groups is 1. The zero-order chi connectivity index (χ0) is 23.1. The summed E-state index contributed by atoms with van der Waals surface area (Å²) in [5.41, 5.74) is 2.76. The summed E-state index contributed by atoms with van der Waals surface area (Å²) in [6, 6.07) is 19.9. The molecule has 6 rings (SSSR count). The molecular weight excluding hydrogens is 428 g/mol. The second-order valence-electron chi connectivity index (χ2n) is 8.79. The minimum Gasteiger partial charge on any atom is -0.323 e. The number of aromatic nitrogens is 4. The number of nitrogens with zero attached hydrogens (tertiary/aromatic N) is 7. The van der Waals surface area contributed by atoms with Crippen LogP contribution in [-0.2, 0) is 0 Å². The lowest BCUT2D eigenvalue weighted by Crippen LogP contribution is -2.55. The predicted octanol–water partition coefficient (Wildman–Crippen LogP) is 3.20. The number of carbonyl (C=O) groups excluding carboxylic acids is 1. The third-order valence-corrected chi connectivity index (χ3v) is 6.81. The number of piperazine rings is 1. The highest BCUT2D eigenvalue weighted by Gasteiger charge is 2.42. The molecule has 172 valence electrons. The van der Waals surface area contributed by atoms with Crippen LogP contribution in [-0.4, -0.2) is 73.7 Å². The molecule has 9 nitrogen and oxygen atoms in total. The van der Waals surface area contributed by atoms with Crippen LogP contribution in [0.2, 0.25) is 0 Å². The summed E-state index contributed by atoms with van der Waals surface area (Å²) in [6.45, 7) is 5.11. The minimum absolute atomic E-state index is 0.0540. The Morgan fingerprint density at radius 1 is 1.00 bits per heavy atom. The van der Waals surface area contributed by atoms with E-state index >= 15 is 0 Å². The molecule has 2 aromatic carbocycles. The monoisotopic (exact) mass is 454 g/mol. The summed E-state index contributed by atoms with van der Waals surface area (Å²) >= 11 is 0. The van der Waals surface area contributed by atoms with Crippen molar-refractivity contribution in [2.75, 3.05) is 36.5 Å². The molecule has 4 aromatic rings. The van der Waals surface area contributed by atoms with Crippen molar-refractivity contribution in [3.63, 3.8) is 0 Å². The number of para-hydroxylation sites is 3. The van der Waals surface area contributed by atoms with E-state index in [-0.39, 0.29) is 18.1 Å². The number of imidazole rings is 1. The fourth-order valence-corrected chi connectivity index (χ4v) is 4.92. The molecule has 2 aliphatic heterocycles. The van der Waals surface area contributed by atoms with Crippen molar-refractivity contribution in [3.8, 4) is 5.82 Å². The molecule has 34 heavy (non-hydrogen) atoms. The molecule has 2 saturated heterocycles. The van der Waals surface area contributed by atoms with E-state index in [0.29, 0.717) is 19.0 Å². The second-order valence-corrected chi connectivity index (χ2v) is 8.79. The van der Waals surface area contributed by atoms with Gasteiger partial charge in [0.15, 0.2) is 0 Å². The maximum absolute atomic E-state index is 12.8. The van der Waals surface area contributed by atoms with Gasteiger partial charge in [0.2, 0.25) is 5.95 Å². The summed E-state index contributed by atoms with van der Waals surface area (Å²) in [7, 11) is 0. The van der Waals surface area contributed by atoms with E-state index in [2.05, 4.69) is 32.0 Å². The first-order chi connectivity index (χ1) is 16.7. The number of hydrogen-bond donors (Lipinski definition) is 1. The summed E-state index contributed by atoms with van der Waals surface area (Å²) in [4.78, 5) is 33.4. The lowest BCUT2D eigenvalue weighted by molar-refractivity contribution is 0.120. The van der Waals surface area contributed by atoms with E-state index in [1.54, 1.807) is 12.5 Å². The maximum atomic E-state index is 12.8. The van der Waals surface area contributed by atoms with Crippen molar-refractivity contribution in [1.82, 2.24) is 29.3 Å². The van der Waals surface area contributed by atoms with Crippen LogP contribution in [0, 0.1) is 0 Å². The maximum Gasteiger partial charge on any atom is 0.321 e. The third-order valence-electron chi connectivity index (χ3n) is 6.81. The zero-order valence-corrected chi connectivity index (χ0v) is 19.0. The van der Waals surface area contributed by atoms with Gasteiger partial charge in [0.25, 0.3) is 0 Å². The van der Waals surface area contributed by atoms with Gasteiger partial charge in [-0.3, -0.25) is 9.47 Å². The fourth-order valence-electron chi connectivity index (χ4n) is 4.92. The van der Waals surface area contributed by atoms with Crippen LogP contribution in [0.15, 0.2) is 73.2 Å². The van der Waals surface area contributed by atoms with Gasteiger partial charge in [-0.25, -0.2) is 14.8 Å². The molecule has 2 aromatic heterocycles. The second kappa shape index (κ2) is 8.42. The van der Waals surface area contributed by atoms with Gasteiger partial charge in [-0.1, -0.05) is 30.3 Å². The van der Waals surface area contributed by atoms with Crippen LogP contribution in [0.4, 0.5) is 16.4 Å². The van der Waals surface area contributed by atoms with E-state index in [1.807, 2.05) is 70.1 Å². The number of fused-ring (bicyclic) bond motifs is 2. The van der Waals surface area contributed by atoms with E-state index in [1.165, 1.54) is 0 Å². The molecule has 2 atom stereocenters. The Balaban J connectivity index is 1.20. The SMILES string of the molecule is CC1C2CN(C(=O)Nc3ccccc3)CCN2CN1c1nccc(-n2cnc3ccccc32)n1. The number of anilines is 2. The number of rotatable bonds is 3. The van der Waals surface area contributed by atoms with Gasteiger partial charge in [0, 0.05) is 43.6 Å². The average molecular weight is 455 g/mol. The van der Waals surface area contributed by atoms with Crippen molar-refractivity contribution in [1.29, 1.82) is 0 Å². The number of amides is 2. The van der Waals surface area contributed by atoms with Crippen LogP contribution in [0.1, 0.15) is 6.92 Å². The van der Waals surface area contributed by atoms with E-state index < -0.39 is 0 Å². The van der Waals surface area contributed by atoms with Gasteiger partial charge >= 0.3 is 6.03 Å². The molecule has 0 aliphatic carbocycles. The molecule has 0 bridgehead atoms. The van der Waals surface area contributed by atoms with Crippen LogP contribution >= 0.6 is 0 Å². The summed E-state index contributed by atoms with van der Waals surface area (Å²) in [5.74, 6) is 1.48. The average Bonchev–Trinajstić information content (AvgIpc) is 3.46. The molecule has 2 aliphatic rings. The molecule has 1 N–H and O–H groups in total. The molecular formula is C25H26N8O. The normalized spacial score (nSPS) is 20.5. The first kappa shape index (κ1) is 20.6. The first-order valence-electron chi connectivity index (χ1n) is 11.5. The molecule has 9 heteroatoms. The van der Waals surface area contributed by atoms with Crippen LogP contribution in [0.3, 0.4) is 0 Å². The van der Waals surface area contributed by atoms with Crippen LogP contribution in [0.25, 0.3) is 16.9 Å². The molecule has 4 heterocycles. The van der Waals surface area contributed by atoms with Crippen molar-refractivity contribution in [2.24, 2.45) is 0 Å². The van der Waals surface area contributed by atoms with Crippen LogP contribution < -0.4 is 10.2 Å². The lowest BCUT2D eigenvalue weighted by atomic mass is 10.1. The highest BCUT2D eigenvalue weighted by molar-refractivity contribution is 5.89. The smallest absolute Gasteiger partial charge is 0.321 e. The van der Waals surface area contributed by atoms with Crippen LogP contribution in [0.5, 0.6) is 0 Å². The van der Waals surface area contributed by atoms with Gasteiger partial charge in [0.1, 0.15) is 12.1 Å². The minimum atomic E-state index is -0.0540. The Morgan fingerprint density at radius 2 is 1.82 bits per heavy atom. The van der Waals surface area contributed by atoms with Gasteiger partial charge in [-0.05, 0) is 37.3 Å². The largest absolute Gasteiger partial charge is 0.323 e. The summed E-state index contributed by atoms with van der Waals surface area (Å²) in [5, 5.41) is 3.01. The van der Waals surface area contributed by atoms with Crippen molar-refractivity contribution < 1.29 is 4.79 Å². The third kappa shape index (κ3) is 3.63. The zero-order valence-electron chi connectivity index (χ0n) is 19.0. The molecule has 2 unspecified atom stereocenters. The Kier molecular flexibility index (Phi) is 5.10. The molecule has 2 fully saturated rings. The molecule has 2 amide bonds. The van der Waals surface area contributed by atoms with E-state index in [9.17, 15) is 4.79 Å². The summed E-state index contributed by atoms with van der Waals surface area (Å²) < 4.78 is 1.99. The molecule has 0 saturated carbocycles. The van der Waals surface area contributed by atoms with Crippen molar-refractivity contribution in [3.05, 3.63) is 73.2 Å². The topological polar surface area (TPSA) is 82.4 Å². The lowest BCUT2D eigenvalue weighted by Gasteiger charge is -2.37. The van der Waals surface area contributed by atoms with Crippen molar-refractivity contribution >= 4 is 28.7 Å². The Labute approximate surface area is 197 Å². The Hall–Kier alpha value is -3.98. The van der Waals surface area contributed by atoms with E-state index in [4.69, 9.17) is 4.98 Å². The van der Waals surface area contributed by atoms with Gasteiger partial charge in [0.05, 0.1) is 17.7 Å².